The van der Waals surface area contributed by atoms with E-state index in [-0.39, 0.29) is 12.8 Å². The molecule has 5 unspecified atom stereocenters. The normalized spacial score (nSPS) is 15.2. The Balaban J connectivity index is 5.59. The molecular formula is C20H36N6O7S. The number of hydrogen-bond acceptors (Lipinski definition) is 8. The molecule has 14 heteroatoms. The topological polar surface area (TPSA) is 237 Å². The van der Waals surface area contributed by atoms with Crippen molar-refractivity contribution in [1.82, 2.24) is 16.0 Å². The van der Waals surface area contributed by atoms with E-state index >= 15 is 0 Å². The summed E-state index contributed by atoms with van der Waals surface area (Å²) in [6.07, 6.45) is 1.53. The molecule has 0 bridgehead atoms. The summed E-state index contributed by atoms with van der Waals surface area (Å²) in [5.74, 6) is -5.19. The van der Waals surface area contributed by atoms with Crippen LogP contribution < -0.4 is 33.2 Å². The number of rotatable bonds is 17. The quantitative estimate of drug-likeness (QED) is 0.113. The van der Waals surface area contributed by atoms with E-state index < -0.39 is 72.0 Å². The van der Waals surface area contributed by atoms with Gasteiger partial charge in [0.15, 0.2) is 0 Å². The van der Waals surface area contributed by atoms with E-state index in [1.54, 1.807) is 13.8 Å². The molecule has 0 aliphatic carbocycles. The molecule has 0 radical (unpaired) electrons. The molecule has 0 saturated heterocycles. The van der Waals surface area contributed by atoms with Crippen molar-refractivity contribution in [3.05, 3.63) is 0 Å². The van der Waals surface area contributed by atoms with Crippen molar-refractivity contribution in [2.45, 2.75) is 70.1 Å². The lowest BCUT2D eigenvalue weighted by Crippen LogP contribution is -2.58. The van der Waals surface area contributed by atoms with Gasteiger partial charge in [-0.25, -0.2) is 4.79 Å². The molecule has 0 saturated carbocycles. The number of carbonyl (C=O) groups excluding carboxylic acids is 5. The van der Waals surface area contributed by atoms with Crippen LogP contribution in [-0.4, -0.2) is 76.8 Å². The lowest BCUT2D eigenvalue weighted by atomic mass is 9.98. The van der Waals surface area contributed by atoms with Crippen molar-refractivity contribution in [3.8, 4) is 0 Å². The number of carbonyl (C=O) groups is 6. The minimum absolute atomic E-state index is 0.232. The van der Waals surface area contributed by atoms with Crippen LogP contribution in [0.3, 0.4) is 0 Å². The lowest BCUT2D eigenvalue weighted by Gasteiger charge is -2.26. The first-order valence-electron chi connectivity index (χ1n) is 10.8. The molecule has 0 aromatic rings. The average Bonchev–Trinajstić information content (AvgIpc) is 2.76. The molecule has 0 fully saturated rings. The summed E-state index contributed by atoms with van der Waals surface area (Å²) in [7, 11) is 0. The first-order chi connectivity index (χ1) is 15.8. The summed E-state index contributed by atoms with van der Waals surface area (Å²) in [5, 5.41) is 16.5. The number of amides is 5. The first kappa shape index (κ1) is 31.1. The first-order valence-corrected chi connectivity index (χ1v) is 12.2. The van der Waals surface area contributed by atoms with Crippen LogP contribution in [0.4, 0.5) is 0 Å². The van der Waals surface area contributed by atoms with Crippen molar-refractivity contribution in [2.24, 2.45) is 23.1 Å². The Kier molecular flexibility index (Phi) is 14.5. The zero-order valence-electron chi connectivity index (χ0n) is 19.7. The Morgan fingerprint density at radius 2 is 1.44 bits per heavy atom. The average molecular weight is 505 g/mol. The van der Waals surface area contributed by atoms with Gasteiger partial charge in [0, 0.05) is 6.42 Å². The van der Waals surface area contributed by atoms with E-state index in [0.29, 0.717) is 18.6 Å². The van der Waals surface area contributed by atoms with Gasteiger partial charge < -0.3 is 38.3 Å². The number of thioether (sulfide) groups is 1. The summed E-state index contributed by atoms with van der Waals surface area (Å²) >= 11 is 1.48. The van der Waals surface area contributed by atoms with Gasteiger partial charge in [0.05, 0.1) is 12.5 Å². The van der Waals surface area contributed by atoms with E-state index in [1.165, 1.54) is 11.8 Å². The minimum Gasteiger partial charge on any atom is -0.480 e. The number of primary amides is 2. The maximum Gasteiger partial charge on any atom is 0.326 e. The molecule has 0 heterocycles. The number of hydrogen-bond donors (Lipinski definition) is 7. The Morgan fingerprint density at radius 1 is 0.882 bits per heavy atom. The second-order valence-corrected chi connectivity index (χ2v) is 8.88. The van der Waals surface area contributed by atoms with Crippen LogP contribution in [0.5, 0.6) is 0 Å². The van der Waals surface area contributed by atoms with Gasteiger partial charge in [0.25, 0.3) is 0 Å². The second-order valence-electron chi connectivity index (χ2n) is 7.90. The molecule has 0 spiro atoms. The van der Waals surface area contributed by atoms with E-state index in [9.17, 15) is 33.9 Å². The molecule has 0 rings (SSSR count). The maximum absolute atomic E-state index is 12.8. The molecular weight excluding hydrogens is 468 g/mol. The zero-order valence-corrected chi connectivity index (χ0v) is 20.5. The van der Waals surface area contributed by atoms with Crippen LogP contribution >= 0.6 is 11.8 Å². The highest BCUT2D eigenvalue weighted by molar-refractivity contribution is 7.98. The van der Waals surface area contributed by atoms with Gasteiger partial charge in [0.2, 0.25) is 29.5 Å². The SMILES string of the molecule is CCC(C)C(NC(=O)C(CCC(N)=O)NC(=O)C(CC(N)=O)NC(=O)C(N)CCSC)C(=O)O. The van der Waals surface area contributed by atoms with Gasteiger partial charge in [0.1, 0.15) is 18.1 Å². The van der Waals surface area contributed by atoms with Crippen molar-refractivity contribution in [2.75, 3.05) is 12.0 Å². The lowest BCUT2D eigenvalue weighted by molar-refractivity contribution is -0.144. The van der Waals surface area contributed by atoms with E-state index in [0.717, 1.165) is 0 Å². The Labute approximate surface area is 202 Å². The van der Waals surface area contributed by atoms with Crippen LogP contribution in [-0.2, 0) is 28.8 Å². The van der Waals surface area contributed by atoms with E-state index in [2.05, 4.69) is 16.0 Å². The van der Waals surface area contributed by atoms with Crippen LogP contribution in [0.25, 0.3) is 0 Å². The van der Waals surface area contributed by atoms with Gasteiger partial charge in [-0.2, -0.15) is 11.8 Å². The predicted molar refractivity (Wildman–Crippen MR) is 126 cm³/mol. The fourth-order valence-corrected chi connectivity index (χ4v) is 3.32. The largest absolute Gasteiger partial charge is 0.480 e. The van der Waals surface area contributed by atoms with Gasteiger partial charge in [-0.05, 0) is 30.8 Å². The summed E-state index contributed by atoms with van der Waals surface area (Å²) in [6.45, 7) is 3.38. The van der Waals surface area contributed by atoms with Crippen LogP contribution in [0.2, 0.25) is 0 Å². The van der Waals surface area contributed by atoms with Gasteiger partial charge in [-0.3, -0.25) is 24.0 Å². The highest BCUT2D eigenvalue weighted by atomic mass is 32.2. The van der Waals surface area contributed by atoms with Crippen LogP contribution in [0, 0.1) is 5.92 Å². The molecule has 5 amide bonds. The monoisotopic (exact) mass is 504 g/mol. The van der Waals surface area contributed by atoms with Crippen LogP contribution in [0.1, 0.15) is 46.0 Å². The molecule has 0 aliphatic rings. The molecule has 0 aliphatic heterocycles. The molecule has 34 heavy (non-hydrogen) atoms. The summed E-state index contributed by atoms with van der Waals surface area (Å²) in [4.78, 5) is 72.2. The molecule has 10 N–H and O–H groups in total. The van der Waals surface area contributed by atoms with Crippen molar-refractivity contribution < 1.29 is 33.9 Å². The van der Waals surface area contributed by atoms with Gasteiger partial charge >= 0.3 is 5.97 Å². The van der Waals surface area contributed by atoms with Crippen LogP contribution in [0.15, 0.2) is 0 Å². The molecule has 13 nitrogen and oxygen atoms in total. The van der Waals surface area contributed by atoms with Crippen molar-refractivity contribution in [3.63, 3.8) is 0 Å². The zero-order chi connectivity index (χ0) is 26.4. The summed E-state index contributed by atoms with van der Waals surface area (Å²) in [5.41, 5.74) is 16.1. The molecule has 5 atom stereocenters. The molecule has 0 aromatic carbocycles. The van der Waals surface area contributed by atoms with Crippen molar-refractivity contribution in [1.29, 1.82) is 0 Å². The minimum atomic E-state index is -1.43. The Morgan fingerprint density at radius 3 is 1.91 bits per heavy atom. The Hall–Kier alpha value is -2.87. The predicted octanol–water partition coefficient (Wildman–Crippen LogP) is -2.21. The van der Waals surface area contributed by atoms with Gasteiger partial charge in [-0.1, -0.05) is 20.3 Å². The highest BCUT2D eigenvalue weighted by Crippen LogP contribution is 2.10. The van der Waals surface area contributed by atoms with E-state index in [1.807, 2.05) is 6.26 Å². The number of nitrogens with two attached hydrogens (primary N) is 3. The number of carboxylic acids is 1. The highest BCUT2D eigenvalue weighted by Gasteiger charge is 2.32. The third-order valence-electron chi connectivity index (χ3n) is 5.10. The van der Waals surface area contributed by atoms with E-state index in [4.69, 9.17) is 17.2 Å². The standard InChI is InChI=1S/C20H36N6O7S/c1-4-10(2)16(20(32)33)26-18(30)12(5-6-14(22)27)24-19(31)13(9-15(23)28)25-17(29)11(21)7-8-34-3/h10-13,16H,4-9,21H2,1-3H3,(H2,22,27)(H2,23,28)(H,24,31)(H,25,29)(H,26,30)(H,32,33). The summed E-state index contributed by atoms with van der Waals surface area (Å²) < 4.78 is 0. The number of nitrogens with one attached hydrogen (secondary N) is 3. The molecule has 194 valence electrons. The maximum atomic E-state index is 12.8. The fourth-order valence-electron chi connectivity index (χ4n) is 2.83. The summed E-state index contributed by atoms with van der Waals surface area (Å²) in [6, 6.07) is -4.96. The fraction of sp³-hybridized carbons (Fsp3) is 0.700. The van der Waals surface area contributed by atoms with Crippen molar-refractivity contribution >= 4 is 47.3 Å². The smallest absolute Gasteiger partial charge is 0.326 e. The van der Waals surface area contributed by atoms with Gasteiger partial charge in [-0.15, -0.1) is 0 Å². The molecule has 0 aromatic heterocycles. The Bertz CT molecular complexity index is 751. The number of aliphatic carboxylic acids is 1. The third-order valence-corrected chi connectivity index (χ3v) is 5.74. The second kappa shape index (κ2) is 15.9. The third kappa shape index (κ3) is 11.8. The number of carboxylic acid groups (broad SMARTS) is 1.